The van der Waals surface area contributed by atoms with Gasteiger partial charge in [0.1, 0.15) is 4.88 Å². The van der Waals surface area contributed by atoms with Crippen LogP contribution in [0.25, 0.3) is 0 Å². The van der Waals surface area contributed by atoms with Crippen molar-refractivity contribution in [3.05, 3.63) is 21.3 Å². The summed E-state index contributed by atoms with van der Waals surface area (Å²) in [4.78, 5) is 23.9. The summed E-state index contributed by atoms with van der Waals surface area (Å²) in [5.41, 5.74) is 0. The zero-order chi connectivity index (χ0) is 14.5. The summed E-state index contributed by atoms with van der Waals surface area (Å²) in [5, 5.41) is 2.94. The lowest BCUT2D eigenvalue weighted by Gasteiger charge is -2.29. The van der Waals surface area contributed by atoms with Crippen LogP contribution in [-0.4, -0.2) is 24.5 Å². The number of hydrogen-bond donors (Lipinski definition) is 1. The lowest BCUT2D eigenvalue weighted by Crippen LogP contribution is -2.42. The van der Waals surface area contributed by atoms with Crippen LogP contribution in [0, 0.1) is 5.92 Å². The van der Waals surface area contributed by atoms with Gasteiger partial charge in [0.15, 0.2) is 6.61 Å². The van der Waals surface area contributed by atoms with Crippen molar-refractivity contribution in [1.82, 2.24) is 5.32 Å². The van der Waals surface area contributed by atoms with Crippen molar-refractivity contribution in [1.29, 1.82) is 0 Å². The molecular weight excluding hydrogens is 298 g/mol. The molecule has 0 unspecified atom stereocenters. The van der Waals surface area contributed by atoms with Crippen molar-refractivity contribution in [2.45, 2.75) is 38.6 Å². The van der Waals surface area contributed by atoms with E-state index in [1.54, 1.807) is 12.1 Å². The highest BCUT2D eigenvalue weighted by Crippen LogP contribution is 2.24. The van der Waals surface area contributed by atoms with E-state index < -0.39 is 5.97 Å². The minimum Gasteiger partial charge on any atom is -0.451 e. The van der Waals surface area contributed by atoms with E-state index in [2.05, 4.69) is 12.2 Å². The second kappa shape index (κ2) is 7.09. The Balaban J connectivity index is 1.76. The first-order valence-electron chi connectivity index (χ1n) is 6.78. The van der Waals surface area contributed by atoms with Gasteiger partial charge in [0, 0.05) is 6.04 Å². The number of carbonyl (C=O) groups excluding carboxylic acids is 2. The normalized spacial score (nSPS) is 22.3. The summed E-state index contributed by atoms with van der Waals surface area (Å²) in [6, 6.07) is 3.43. The van der Waals surface area contributed by atoms with E-state index in [-0.39, 0.29) is 18.6 Å². The van der Waals surface area contributed by atoms with Crippen LogP contribution in [0.4, 0.5) is 0 Å². The molecule has 1 heterocycles. The molecule has 1 aliphatic rings. The second-order valence-electron chi connectivity index (χ2n) is 5.12. The van der Waals surface area contributed by atoms with Crippen LogP contribution >= 0.6 is 22.9 Å². The first-order chi connectivity index (χ1) is 9.56. The molecule has 0 radical (unpaired) electrons. The quantitative estimate of drug-likeness (QED) is 0.868. The number of nitrogens with one attached hydrogen (secondary N) is 1. The van der Waals surface area contributed by atoms with Gasteiger partial charge in [-0.1, -0.05) is 31.4 Å². The van der Waals surface area contributed by atoms with Crippen LogP contribution < -0.4 is 5.32 Å². The van der Waals surface area contributed by atoms with Crippen LogP contribution in [0.1, 0.15) is 42.3 Å². The predicted molar refractivity (Wildman–Crippen MR) is 79.2 cm³/mol. The predicted octanol–water partition coefficient (Wildman–Crippen LogP) is 3.25. The molecule has 1 saturated carbocycles. The highest BCUT2D eigenvalue weighted by Gasteiger charge is 2.23. The van der Waals surface area contributed by atoms with Gasteiger partial charge in [0.25, 0.3) is 5.91 Å². The zero-order valence-electron chi connectivity index (χ0n) is 11.4. The van der Waals surface area contributed by atoms with Crippen molar-refractivity contribution >= 4 is 34.8 Å². The maximum Gasteiger partial charge on any atom is 0.348 e. The smallest absolute Gasteiger partial charge is 0.348 e. The molecule has 1 aromatic heterocycles. The van der Waals surface area contributed by atoms with Crippen LogP contribution in [0.5, 0.6) is 0 Å². The van der Waals surface area contributed by atoms with E-state index >= 15 is 0 Å². The average Bonchev–Trinajstić information content (AvgIpc) is 2.85. The Morgan fingerprint density at radius 1 is 1.40 bits per heavy atom. The summed E-state index contributed by atoms with van der Waals surface area (Å²) < 4.78 is 5.51. The third-order valence-corrected chi connectivity index (χ3v) is 4.78. The summed E-state index contributed by atoms with van der Waals surface area (Å²) in [6.45, 7) is 1.90. The Kier molecular flexibility index (Phi) is 5.43. The van der Waals surface area contributed by atoms with Crippen molar-refractivity contribution in [3.63, 3.8) is 0 Å². The van der Waals surface area contributed by atoms with Crippen molar-refractivity contribution in [2.24, 2.45) is 5.92 Å². The van der Waals surface area contributed by atoms with Gasteiger partial charge in [-0.05, 0) is 30.9 Å². The van der Waals surface area contributed by atoms with Gasteiger partial charge in [-0.3, -0.25) is 4.79 Å². The summed E-state index contributed by atoms with van der Waals surface area (Å²) in [5.74, 6) is -0.256. The highest BCUT2D eigenvalue weighted by molar-refractivity contribution is 7.17. The SMILES string of the molecule is C[C@H]1CCCC[C@H]1NC(=O)COC(=O)c1ccc(Cl)s1. The monoisotopic (exact) mass is 315 g/mol. The standard InChI is InChI=1S/C14H18ClNO3S/c1-9-4-2-3-5-10(9)16-13(17)8-19-14(18)11-6-7-12(15)20-11/h6-7,9-10H,2-5,8H2,1H3,(H,16,17)/t9-,10+/m0/s1. The molecule has 4 nitrogen and oxygen atoms in total. The molecule has 2 atom stereocenters. The minimum absolute atomic E-state index is 0.200. The number of thiophene rings is 1. The van der Waals surface area contributed by atoms with E-state index in [1.807, 2.05) is 0 Å². The second-order valence-corrected chi connectivity index (χ2v) is 6.83. The fraction of sp³-hybridized carbons (Fsp3) is 0.571. The maximum absolute atomic E-state index is 11.8. The van der Waals surface area contributed by atoms with Crippen molar-refractivity contribution in [3.8, 4) is 0 Å². The molecule has 1 N–H and O–H groups in total. The van der Waals surface area contributed by atoms with Crippen LogP contribution in [-0.2, 0) is 9.53 Å². The van der Waals surface area contributed by atoms with Gasteiger partial charge in [-0.25, -0.2) is 4.79 Å². The van der Waals surface area contributed by atoms with Crippen LogP contribution in [0.2, 0.25) is 4.34 Å². The lowest BCUT2D eigenvalue weighted by atomic mass is 9.86. The summed E-state index contributed by atoms with van der Waals surface area (Å²) >= 11 is 6.89. The first kappa shape index (κ1) is 15.3. The van der Waals surface area contributed by atoms with E-state index in [1.165, 1.54) is 6.42 Å². The fourth-order valence-electron chi connectivity index (χ4n) is 2.41. The number of hydrogen-bond acceptors (Lipinski definition) is 4. The Hall–Kier alpha value is -1.07. The molecule has 1 amide bonds. The molecule has 1 aliphatic carbocycles. The zero-order valence-corrected chi connectivity index (χ0v) is 12.9. The first-order valence-corrected chi connectivity index (χ1v) is 7.97. The molecule has 20 heavy (non-hydrogen) atoms. The Morgan fingerprint density at radius 2 is 2.15 bits per heavy atom. The molecule has 0 aliphatic heterocycles. The molecule has 1 aromatic rings. The van der Waals surface area contributed by atoms with E-state index in [0.717, 1.165) is 30.6 Å². The van der Waals surface area contributed by atoms with Gasteiger partial charge in [-0.15, -0.1) is 11.3 Å². The number of rotatable bonds is 4. The third kappa shape index (κ3) is 4.21. The van der Waals surface area contributed by atoms with E-state index in [0.29, 0.717) is 15.1 Å². The van der Waals surface area contributed by atoms with Crippen LogP contribution in [0.3, 0.4) is 0 Å². The summed E-state index contributed by atoms with van der Waals surface area (Å²) in [6.07, 6.45) is 4.50. The number of carbonyl (C=O) groups is 2. The van der Waals surface area contributed by atoms with Gasteiger partial charge in [-0.2, -0.15) is 0 Å². The third-order valence-electron chi connectivity index (χ3n) is 3.57. The highest BCUT2D eigenvalue weighted by atomic mass is 35.5. The Bertz CT molecular complexity index is 489. The number of esters is 1. The number of ether oxygens (including phenoxy) is 1. The van der Waals surface area contributed by atoms with E-state index in [4.69, 9.17) is 16.3 Å². The number of amides is 1. The molecule has 0 bridgehead atoms. The number of halogens is 1. The van der Waals surface area contributed by atoms with Crippen molar-refractivity contribution < 1.29 is 14.3 Å². The molecule has 0 saturated heterocycles. The molecule has 0 spiro atoms. The molecule has 0 aromatic carbocycles. The van der Waals surface area contributed by atoms with Gasteiger partial charge < -0.3 is 10.1 Å². The van der Waals surface area contributed by atoms with E-state index in [9.17, 15) is 9.59 Å². The molecule has 110 valence electrons. The van der Waals surface area contributed by atoms with Gasteiger partial charge >= 0.3 is 5.97 Å². The van der Waals surface area contributed by atoms with Gasteiger partial charge in [0.2, 0.25) is 0 Å². The maximum atomic E-state index is 11.8. The molecule has 6 heteroatoms. The fourth-order valence-corrected chi connectivity index (χ4v) is 3.34. The van der Waals surface area contributed by atoms with Crippen molar-refractivity contribution in [2.75, 3.05) is 6.61 Å². The minimum atomic E-state index is -0.506. The molecule has 1 fully saturated rings. The Labute approximate surface area is 127 Å². The lowest BCUT2D eigenvalue weighted by molar-refractivity contribution is -0.125. The molecule has 2 rings (SSSR count). The molecular formula is C14H18ClNO3S. The topological polar surface area (TPSA) is 55.4 Å². The largest absolute Gasteiger partial charge is 0.451 e. The summed E-state index contributed by atoms with van der Waals surface area (Å²) in [7, 11) is 0. The van der Waals surface area contributed by atoms with Crippen LogP contribution in [0.15, 0.2) is 12.1 Å². The average molecular weight is 316 g/mol. The Morgan fingerprint density at radius 3 is 2.80 bits per heavy atom. The van der Waals surface area contributed by atoms with Gasteiger partial charge in [0.05, 0.1) is 4.34 Å².